The van der Waals surface area contributed by atoms with Gasteiger partial charge in [0.25, 0.3) is 0 Å². The summed E-state index contributed by atoms with van der Waals surface area (Å²) in [6, 6.07) is 17.9. The van der Waals surface area contributed by atoms with Crippen LogP contribution in [-0.4, -0.2) is 29.2 Å². The van der Waals surface area contributed by atoms with E-state index < -0.39 is 0 Å². The molecule has 30 heavy (non-hydrogen) atoms. The molecule has 2 heterocycles. The molecule has 156 valence electrons. The quantitative estimate of drug-likeness (QED) is 0.542. The second-order valence-electron chi connectivity index (χ2n) is 7.42. The van der Waals surface area contributed by atoms with E-state index in [4.69, 9.17) is 16.3 Å². The lowest BCUT2D eigenvalue weighted by molar-refractivity contribution is 0.281. The molecule has 1 unspecified atom stereocenters. The van der Waals surface area contributed by atoms with E-state index in [2.05, 4.69) is 28.2 Å². The number of nitrogens with zero attached hydrogens (tertiary/aromatic N) is 2. The molecule has 0 radical (unpaired) electrons. The summed E-state index contributed by atoms with van der Waals surface area (Å²) in [5.74, 6) is 2.30. The SMILES string of the molecule is CCc1ccccc1Oc1ccc(N2CCC(Nc3ncccc3Cl)C2)c(CO)c1. The van der Waals surface area contributed by atoms with E-state index in [9.17, 15) is 5.11 Å². The number of hydrogen-bond donors (Lipinski definition) is 2. The molecule has 5 nitrogen and oxygen atoms in total. The summed E-state index contributed by atoms with van der Waals surface area (Å²) in [7, 11) is 0. The Morgan fingerprint density at radius 1 is 1.17 bits per heavy atom. The molecule has 0 aliphatic carbocycles. The predicted molar refractivity (Wildman–Crippen MR) is 122 cm³/mol. The van der Waals surface area contributed by atoms with Crippen LogP contribution in [0.1, 0.15) is 24.5 Å². The van der Waals surface area contributed by atoms with Crippen LogP contribution in [0.2, 0.25) is 5.02 Å². The maximum absolute atomic E-state index is 9.98. The first-order valence-corrected chi connectivity index (χ1v) is 10.7. The number of anilines is 2. The Morgan fingerprint density at radius 2 is 2.03 bits per heavy atom. The number of pyridine rings is 1. The molecule has 4 rings (SSSR count). The number of para-hydroxylation sites is 1. The summed E-state index contributed by atoms with van der Waals surface area (Å²) in [4.78, 5) is 6.60. The molecule has 2 N–H and O–H groups in total. The molecule has 0 saturated carbocycles. The molecule has 1 aromatic heterocycles. The minimum atomic E-state index is -0.0391. The van der Waals surface area contributed by atoms with Crippen molar-refractivity contribution in [3.05, 3.63) is 76.9 Å². The van der Waals surface area contributed by atoms with E-state index in [0.717, 1.165) is 54.2 Å². The van der Waals surface area contributed by atoms with Crippen molar-refractivity contribution in [1.82, 2.24) is 4.98 Å². The molecule has 1 aliphatic heterocycles. The summed E-state index contributed by atoms with van der Waals surface area (Å²) >= 11 is 6.22. The standard InChI is InChI=1S/C24H26ClN3O2/c1-2-17-6-3-4-8-23(17)30-20-9-10-22(18(14-20)16-29)28-13-11-19(15-28)27-24-21(25)7-5-12-26-24/h3-10,12,14,19,29H,2,11,13,15-16H2,1H3,(H,26,27). The third kappa shape index (κ3) is 4.53. The average Bonchev–Trinajstić information content (AvgIpc) is 3.24. The summed E-state index contributed by atoms with van der Waals surface area (Å²) in [6.07, 6.45) is 3.61. The summed E-state index contributed by atoms with van der Waals surface area (Å²) in [6.45, 7) is 3.79. The molecule has 0 amide bonds. The maximum Gasteiger partial charge on any atom is 0.145 e. The minimum Gasteiger partial charge on any atom is -0.457 e. The van der Waals surface area contributed by atoms with Crippen molar-refractivity contribution in [2.45, 2.75) is 32.4 Å². The Kier molecular flexibility index (Phi) is 6.41. The lowest BCUT2D eigenvalue weighted by Gasteiger charge is -2.23. The summed E-state index contributed by atoms with van der Waals surface area (Å²) in [5.41, 5.74) is 3.05. The molecular formula is C24H26ClN3O2. The lowest BCUT2D eigenvalue weighted by Crippen LogP contribution is -2.27. The van der Waals surface area contributed by atoms with Gasteiger partial charge in [0.05, 0.1) is 11.6 Å². The van der Waals surface area contributed by atoms with Crippen LogP contribution >= 0.6 is 11.6 Å². The fourth-order valence-corrected chi connectivity index (χ4v) is 4.04. The Morgan fingerprint density at radius 3 is 2.83 bits per heavy atom. The molecular weight excluding hydrogens is 398 g/mol. The zero-order chi connectivity index (χ0) is 20.9. The van der Waals surface area contributed by atoms with Crippen molar-refractivity contribution in [3.8, 4) is 11.5 Å². The zero-order valence-corrected chi connectivity index (χ0v) is 17.8. The van der Waals surface area contributed by atoms with Crippen LogP contribution in [0.5, 0.6) is 11.5 Å². The van der Waals surface area contributed by atoms with Crippen LogP contribution in [0.3, 0.4) is 0 Å². The number of nitrogens with one attached hydrogen (secondary N) is 1. The molecule has 2 aromatic carbocycles. The molecule has 1 aliphatic rings. The van der Waals surface area contributed by atoms with E-state index in [-0.39, 0.29) is 12.6 Å². The smallest absolute Gasteiger partial charge is 0.145 e. The topological polar surface area (TPSA) is 57.6 Å². The Balaban J connectivity index is 1.47. The summed E-state index contributed by atoms with van der Waals surface area (Å²) in [5, 5.41) is 14.0. The van der Waals surface area contributed by atoms with E-state index in [0.29, 0.717) is 10.8 Å². The first kappa shape index (κ1) is 20.5. The lowest BCUT2D eigenvalue weighted by atomic mass is 10.1. The normalized spacial score (nSPS) is 16.0. The van der Waals surface area contributed by atoms with Gasteiger partial charge in [0.2, 0.25) is 0 Å². The van der Waals surface area contributed by atoms with E-state index in [1.165, 1.54) is 0 Å². The van der Waals surface area contributed by atoms with Crippen molar-refractivity contribution < 1.29 is 9.84 Å². The van der Waals surface area contributed by atoms with Crippen molar-refractivity contribution in [2.24, 2.45) is 0 Å². The highest BCUT2D eigenvalue weighted by Crippen LogP contribution is 2.32. The van der Waals surface area contributed by atoms with Crippen molar-refractivity contribution in [2.75, 3.05) is 23.3 Å². The van der Waals surface area contributed by atoms with Crippen LogP contribution in [-0.2, 0) is 13.0 Å². The van der Waals surface area contributed by atoms with Gasteiger partial charge in [-0.1, -0.05) is 36.7 Å². The zero-order valence-electron chi connectivity index (χ0n) is 17.0. The van der Waals surface area contributed by atoms with E-state index in [1.54, 1.807) is 6.20 Å². The second-order valence-corrected chi connectivity index (χ2v) is 7.83. The van der Waals surface area contributed by atoms with Gasteiger partial charge in [0.1, 0.15) is 17.3 Å². The Bertz CT molecular complexity index is 1010. The molecule has 3 aromatic rings. The third-order valence-electron chi connectivity index (χ3n) is 5.43. The minimum absolute atomic E-state index is 0.0391. The third-order valence-corrected chi connectivity index (χ3v) is 5.74. The monoisotopic (exact) mass is 423 g/mol. The van der Waals surface area contributed by atoms with Gasteiger partial charge in [-0.05, 0) is 54.8 Å². The molecule has 1 fully saturated rings. The van der Waals surface area contributed by atoms with Gasteiger partial charge < -0.3 is 20.1 Å². The van der Waals surface area contributed by atoms with Crippen LogP contribution < -0.4 is 15.0 Å². The van der Waals surface area contributed by atoms with Gasteiger partial charge in [-0.25, -0.2) is 4.98 Å². The van der Waals surface area contributed by atoms with Gasteiger partial charge in [0.15, 0.2) is 0 Å². The number of benzene rings is 2. The molecule has 1 atom stereocenters. The van der Waals surface area contributed by atoms with Gasteiger partial charge in [-0.2, -0.15) is 0 Å². The van der Waals surface area contributed by atoms with Crippen molar-refractivity contribution in [3.63, 3.8) is 0 Å². The highest BCUT2D eigenvalue weighted by Gasteiger charge is 2.25. The fourth-order valence-electron chi connectivity index (χ4n) is 3.87. The van der Waals surface area contributed by atoms with E-state index in [1.807, 2.05) is 48.5 Å². The van der Waals surface area contributed by atoms with Crippen LogP contribution in [0.15, 0.2) is 60.8 Å². The van der Waals surface area contributed by atoms with E-state index >= 15 is 0 Å². The largest absolute Gasteiger partial charge is 0.457 e. The molecule has 6 heteroatoms. The number of aliphatic hydroxyl groups excluding tert-OH is 1. The number of aliphatic hydroxyl groups is 1. The number of halogens is 1. The van der Waals surface area contributed by atoms with Gasteiger partial charge in [0, 0.05) is 36.6 Å². The average molecular weight is 424 g/mol. The maximum atomic E-state index is 9.98. The number of hydrogen-bond acceptors (Lipinski definition) is 5. The van der Waals surface area contributed by atoms with Crippen molar-refractivity contribution in [1.29, 1.82) is 0 Å². The van der Waals surface area contributed by atoms with Crippen molar-refractivity contribution >= 4 is 23.1 Å². The second kappa shape index (κ2) is 9.37. The van der Waals surface area contributed by atoms with Gasteiger partial charge in [-0.3, -0.25) is 0 Å². The molecule has 0 spiro atoms. The number of rotatable bonds is 7. The highest BCUT2D eigenvalue weighted by atomic mass is 35.5. The van der Waals surface area contributed by atoms with Crippen LogP contribution in [0, 0.1) is 0 Å². The first-order chi connectivity index (χ1) is 14.7. The highest BCUT2D eigenvalue weighted by molar-refractivity contribution is 6.32. The van der Waals surface area contributed by atoms with Gasteiger partial charge in [-0.15, -0.1) is 0 Å². The predicted octanol–water partition coefficient (Wildman–Crippen LogP) is 5.27. The molecule has 1 saturated heterocycles. The number of aryl methyl sites for hydroxylation is 1. The Labute approximate surface area is 182 Å². The number of ether oxygens (including phenoxy) is 1. The van der Waals surface area contributed by atoms with Crippen LogP contribution in [0.4, 0.5) is 11.5 Å². The Hall–Kier alpha value is -2.76. The first-order valence-electron chi connectivity index (χ1n) is 10.3. The summed E-state index contributed by atoms with van der Waals surface area (Å²) < 4.78 is 6.11. The van der Waals surface area contributed by atoms with Crippen LogP contribution in [0.25, 0.3) is 0 Å². The number of aromatic nitrogens is 1. The fraction of sp³-hybridized carbons (Fsp3) is 0.292. The van der Waals surface area contributed by atoms with Gasteiger partial charge >= 0.3 is 0 Å². The molecule has 0 bridgehead atoms.